The predicted molar refractivity (Wildman–Crippen MR) is 42.4 cm³/mol. The Bertz CT molecular complexity index is 89.1. The van der Waals surface area contributed by atoms with Crippen LogP contribution in [0.3, 0.4) is 0 Å². The van der Waals surface area contributed by atoms with Gasteiger partial charge in [0.2, 0.25) is 0 Å². The normalized spacial score (nSPS) is 45.0. The molecule has 1 aliphatic rings. The largest absolute Gasteiger partial charge is 0.123 e. The number of rotatable bonds is 0. The monoisotopic (exact) mass is 166 g/mol. The third-order valence-corrected chi connectivity index (χ3v) is 2.77. The second-order valence-corrected chi connectivity index (χ2v) is 4.62. The molecule has 2 heteroatoms. The van der Waals surface area contributed by atoms with E-state index in [1.165, 1.54) is 0 Å². The minimum Gasteiger partial charge on any atom is -0.123 e. The van der Waals surface area contributed by atoms with Gasteiger partial charge in [0.05, 0.1) is 0 Å². The summed E-state index contributed by atoms with van der Waals surface area (Å²) in [6.45, 7) is 2.09. The SMILES string of the molecule is C[C@]1(Cl)CC[C@H](Cl)CC1. The van der Waals surface area contributed by atoms with Crippen LogP contribution >= 0.6 is 23.2 Å². The Hall–Kier alpha value is 0.580. The summed E-state index contributed by atoms with van der Waals surface area (Å²) in [4.78, 5) is 0.0470. The summed E-state index contributed by atoms with van der Waals surface area (Å²) in [5.74, 6) is 0. The molecule has 0 N–H and O–H groups in total. The van der Waals surface area contributed by atoms with E-state index in [2.05, 4.69) is 6.92 Å². The maximum absolute atomic E-state index is 6.08. The van der Waals surface area contributed by atoms with E-state index in [0.29, 0.717) is 5.38 Å². The van der Waals surface area contributed by atoms with Crippen molar-refractivity contribution in [3.8, 4) is 0 Å². The van der Waals surface area contributed by atoms with Crippen molar-refractivity contribution in [1.82, 2.24) is 0 Å². The average Bonchev–Trinajstić information content (AvgIpc) is 1.78. The highest BCUT2D eigenvalue weighted by molar-refractivity contribution is 6.24. The van der Waals surface area contributed by atoms with Gasteiger partial charge in [0.25, 0.3) is 0 Å². The van der Waals surface area contributed by atoms with Crippen LogP contribution in [-0.4, -0.2) is 10.3 Å². The molecule has 0 aromatic heterocycles. The minimum atomic E-state index is 0.0470. The van der Waals surface area contributed by atoms with Crippen LogP contribution in [0.25, 0.3) is 0 Å². The molecule has 0 bridgehead atoms. The van der Waals surface area contributed by atoms with Crippen molar-refractivity contribution < 1.29 is 0 Å². The standard InChI is InChI=1S/C7H12Cl2/c1-7(9)4-2-6(8)3-5-7/h6H,2-5H2,1H3/t6-,7-. The quantitative estimate of drug-likeness (QED) is 0.486. The minimum absolute atomic E-state index is 0.0470. The highest BCUT2D eigenvalue weighted by Crippen LogP contribution is 2.35. The zero-order chi connectivity index (χ0) is 6.91. The molecule has 1 aliphatic carbocycles. The maximum Gasteiger partial charge on any atom is 0.0419 e. The van der Waals surface area contributed by atoms with E-state index in [1.54, 1.807) is 0 Å². The molecule has 0 aromatic rings. The topological polar surface area (TPSA) is 0 Å². The fourth-order valence-corrected chi connectivity index (χ4v) is 1.62. The van der Waals surface area contributed by atoms with Crippen molar-refractivity contribution in [2.45, 2.75) is 42.9 Å². The molecule has 0 nitrogen and oxygen atoms in total. The lowest BCUT2D eigenvalue weighted by molar-refractivity contribution is 0.419. The molecular formula is C7H12Cl2. The number of alkyl halides is 2. The third-order valence-electron chi connectivity index (χ3n) is 1.96. The van der Waals surface area contributed by atoms with Gasteiger partial charge in [-0.2, -0.15) is 0 Å². The maximum atomic E-state index is 6.08. The van der Waals surface area contributed by atoms with E-state index in [1.807, 2.05) is 0 Å². The summed E-state index contributed by atoms with van der Waals surface area (Å²) < 4.78 is 0. The molecule has 1 rings (SSSR count). The summed E-state index contributed by atoms with van der Waals surface area (Å²) in [6, 6.07) is 0. The molecule has 0 aromatic carbocycles. The van der Waals surface area contributed by atoms with Crippen LogP contribution in [-0.2, 0) is 0 Å². The first-order chi connectivity index (χ1) is 4.10. The molecule has 1 fully saturated rings. The third kappa shape index (κ3) is 2.35. The summed E-state index contributed by atoms with van der Waals surface area (Å²) >= 11 is 12.0. The molecular weight excluding hydrogens is 155 g/mol. The predicted octanol–water partition coefficient (Wildman–Crippen LogP) is 3.17. The van der Waals surface area contributed by atoms with E-state index >= 15 is 0 Å². The summed E-state index contributed by atoms with van der Waals surface area (Å²) in [5, 5.41) is 0.386. The molecule has 0 saturated heterocycles. The molecule has 54 valence electrons. The Labute approximate surface area is 66.5 Å². The fraction of sp³-hybridized carbons (Fsp3) is 1.00. The van der Waals surface area contributed by atoms with Gasteiger partial charge < -0.3 is 0 Å². The van der Waals surface area contributed by atoms with Crippen LogP contribution in [0, 0.1) is 0 Å². The fourth-order valence-electron chi connectivity index (χ4n) is 1.18. The van der Waals surface area contributed by atoms with Gasteiger partial charge in [0.15, 0.2) is 0 Å². The zero-order valence-corrected chi connectivity index (χ0v) is 7.17. The first-order valence-electron chi connectivity index (χ1n) is 3.43. The Morgan fingerprint density at radius 1 is 1.33 bits per heavy atom. The molecule has 1 saturated carbocycles. The Kier molecular flexibility index (Phi) is 2.28. The van der Waals surface area contributed by atoms with E-state index in [-0.39, 0.29) is 4.87 Å². The van der Waals surface area contributed by atoms with Gasteiger partial charge in [-0.1, -0.05) is 0 Å². The van der Waals surface area contributed by atoms with E-state index in [4.69, 9.17) is 23.2 Å². The average molecular weight is 167 g/mol. The summed E-state index contributed by atoms with van der Waals surface area (Å²) in [5.41, 5.74) is 0. The summed E-state index contributed by atoms with van der Waals surface area (Å²) in [6.07, 6.45) is 4.31. The van der Waals surface area contributed by atoms with Crippen molar-refractivity contribution >= 4 is 23.2 Å². The van der Waals surface area contributed by atoms with Crippen LogP contribution in [0.1, 0.15) is 32.6 Å². The van der Waals surface area contributed by atoms with E-state index in [9.17, 15) is 0 Å². The summed E-state index contributed by atoms with van der Waals surface area (Å²) in [7, 11) is 0. The van der Waals surface area contributed by atoms with Gasteiger partial charge >= 0.3 is 0 Å². The number of halogens is 2. The van der Waals surface area contributed by atoms with Crippen LogP contribution in [0.15, 0.2) is 0 Å². The highest BCUT2D eigenvalue weighted by atomic mass is 35.5. The lowest BCUT2D eigenvalue weighted by Crippen LogP contribution is -2.24. The van der Waals surface area contributed by atoms with E-state index < -0.39 is 0 Å². The molecule has 0 atom stereocenters. The zero-order valence-electron chi connectivity index (χ0n) is 5.66. The van der Waals surface area contributed by atoms with Crippen LogP contribution in [0.4, 0.5) is 0 Å². The van der Waals surface area contributed by atoms with Gasteiger partial charge in [-0.15, -0.1) is 23.2 Å². The molecule has 0 aliphatic heterocycles. The van der Waals surface area contributed by atoms with E-state index in [0.717, 1.165) is 25.7 Å². The van der Waals surface area contributed by atoms with Crippen LogP contribution in [0.5, 0.6) is 0 Å². The van der Waals surface area contributed by atoms with Crippen molar-refractivity contribution in [2.24, 2.45) is 0 Å². The first-order valence-corrected chi connectivity index (χ1v) is 4.25. The highest BCUT2D eigenvalue weighted by Gasteiger charge is 2.27. The van der Waals surface area contributed by atoms with Crippen molar-refractivity contribution in [1.29, 1.82) is 0 Å². The van der Waals surface area contributed by atoms with Crippen molar-refractivity contribution in [2.75, 3.05) is 0 Å². The Morgan fingerprint density at radius 3 is 2.11 bits per heavy atom. The number of hydrogen-bond acceptors (Lipinski definition) is 0. The molecule has 0 radical (unpaired) electrons. The molecule has 0 unspecified atom stereocenters. The van der Waals surface area contributed by atoms with Crippen LogP contribution < -0.4 is 0 Å². The van der Waals surface area contributed by atoms with Crippen molar-refractivity contribution in [3.05, 3.63) is 0 Å². The Balaban J connectivity index is 2.35. The number of hydrogen-bond donors (Lipinski definition) is 0. The van der Waals surface area contributed by atoms with Gasteiger partial charge in [0.1, 0.15) is 0 Å². The van der Waals surface area contributed by atoms with Gasteiger partial charge in [0, 0.05) is 10.3 Å². The molecule has 0 amide bonds. The van der Waals surface area contributed by atoms with Crippen molar-refractivity contribution in [3.63, 3.8) is 0 Å². The lowest BCUT2D eigenvalue weighted by atomic mass is 9.90. The van der Waals surface area contributed by atoms with Gasteiger partial charge in [-0.25, -0.2) is 0 Å². The van der Waals surface area contributed by atoms with Gasteiger partial charge in [-0.05, 0) is 32.6 Å². The second-order valence-electron chi connectivity index (χ2n) is 3.09. The van der Waals surface area contributed by atoms with Crippen LogP contribution in [0.2, 0.25) is 0 Å². The lowest BCUT2D eigenvalue weighted by Gasteiger charge is -2.29. The smallest absolute Gasteiger partial charge is 0.0419 e. The van der Waals surface area contributed by atoms with Gasteiger partial charge in [-0.3, -0.25) is 0 Å². The molecule has 9 heavy (non-hydrogen) atoms. The molecule has 0 heterocycles. The molecule has 0 spiro atoms. The first kappa shape index (κ1) is 7.68. The second kappa shape index (κ2) is 2.67. The Morgan fingerprint density at radius 2 is 1.78 bits per heavy atom.